The van der Waals surface area contributed by atoms with Crippen molar-refractivity contribution in [2.75, 3.05) is 11.6 Å². The molecule has 1 aromatic rings. The summed E-state index contributed by atoms with van der Waals surface area (Å²) >= 11 is 0. The molecule has 0 aromatic carbocycles. The third-order valence-electron chi connectivity index (χ3n) is 4.42. The number of halogens is 9. The zero-order valence-corrected chi connectivity index (χ0v) is 16.1. The average molecular weight is 467 g/mol. The van der Waals surface area contributed by atoms with Gasteiger partial charge < -0.3 is 9.84 Å². The molecule has 0 spiro atoms. The van der Waals surface area contributed by atoms with Gasteiger partial charge in [0.15, 0.2) is 12.3 Å². The molecule has 0 bridgehead atoms. The molecule has 3 unspecified atom stereocenters. The summed E-state index contributed by atoms with van der Waals surface area (Å²) in [6, 6.07) is 0.330. The Morgan fingerprint density at radius 2 is 1.55 bits per heavy atom. The maximum atomic E-state index is 13.5. The number of alkyl halides is 9. The predicted octanol–water partition coefficient (Wildman–Crippen LogP) is 5.00. The summed E-state index contributed by atoms with van der Waals surface area (Å²) in [4.78, 5) is 2.52. The number of hydrogen-bond acceptors (Lipinski definition) is 5. The van der Waals surface area contributed by atoms with E-state index in [9.17, 15) is 44.6 Å². The number of aliphatic hydroxyl groups excluding tert-OH is 1. The smallest absolute Gasteiger partial charge is 0.371 e. The molecule has 1 aliphatic heterocycles. The minimum atomic E-state index is -5.28. The number of hydrazone groups is 1. The first kappa shape index (κ1) is 25.2. The van der Waals surface area contributed by atoms with E-state index in [1.54, 1.807) is 6.92 Å². The van der Waals surface area contributed by atoms with E-state index >= 15 is 0 Å². The summed E-state index contributed by atoms with van der Waals surface area (Å²) in [5.74, 6) is -1.87. The number of anilines is 1. The van der Waals surface area contributed by atoms with E-state index in [0.717, 1.165) is 6.92 Å². The molecule has 0 saturated carbocycles. The number of unbranched alkanes of at least 4 members (excludes halogenated alkanes) is 1. The number of aromatic nitrogens is 1. The normalized spacial score (nSPS) is 21.4. The van der Waals surface area contributed by atoms with Gasteiger partial charge in [0.05, 0.1) is 11.6 Å². The van der Waals surface area contributed by atoms with Crippen LogP contribution in [0.15, 0.2) is 17.2 Å². The second-order valence-electron chi connectivity index (χ2n) is 6.80. The SMILES string of the molecule is CCCCOC(C1C(C)=NN(c2cc(C(F)(F)F)nc(C(F)(F)F)c2)C1O)C(F)(F)F. The molecule has 31 heavy (non-hydrogen) atoms. The average Bonchev–Trinajstić information content (AvgIpc) is 2.90. The lowest BCUT2D eigenvalue weighted by atomic mass is 9.95. The highest BCUT2D eigenvalue weighted by molar-refractivity contribution is 5.89. The van der Waals surface area contributed by atoms with E-state index in [-0.39, 0.29) is 35.9 Å². The molecule has 0 radical (unpaired) electrons. The molecule has 176 valence electrons. The Morgan fingerprint density at radius 1 is 1.03 bits per heavy atom. The van der Waals surface area contributed by atoms with E-state index in [4.69, 9.17) is 4.74 Å². The lowest BCUT2D eigenvalue weighted by molar-refractivity contribution is -0.236. The first-order valence-electron chi connectivity index (χ1n) is 8.94. The van der Waals surface area contributed by atoms with Gasteiger partial charge in [0.2, 0.25) is 0 Å². The molecule has 0 amide bonds. The Bertz CT molecular complexity index is 773. The molecule has 2 heterocycles. The van der Waals surface area contributed by atoms with Gasteiger partial charge in [-0.1, -0.05) is 13.3 Å². The molecule has 0 fully saturated rings. The van der Waals surface area contributed by atoms with Crippen LogP contribution in [0.2, 0.25) is 0 Å². The topological polar surface area (TPSA) is 58.0 Å². The fourth-order valence-corrected chi connectivity index (χ4v) is 2.94. The van der Waals surface area contributed by atoms with Gasteiger partial charge in [-0.05, 0) is 25.5 Å². The van der Waals surface area contributed by atoms with Gasteiger partial charge in [-0.3, -0.25) is 0 Å². The Labute approximate surface area is 170 Å². The fraction of sp³-hybridized carbons (Fsp3) is 0.647. The van der Waals surface area contributed by atoms with Crippen LogP contribution in [-0.2, 0) is 17.1 Å². The van der Waals surface area contributed by atoms with Crippen molar-refractivity contribution >= 4 is 11.4 Å². The van der Waals surface area contributed by atoms with E-state index in [1.807, 2.05) is 0 Å². The van der Waals surface area contributed by atoms with Crippen LogP contribution in [0, 0.1) is 5.92 Å². The molecule has 5 nitrogen and oxygen atoms in total. The number of nitrogens with zero attached hydrogens (tertiary/aromatic N) is 3. The zero-order chi connectivity index (χ0) is 23.8. The maximum absolute atomic E-state index is 13.5. The molecular formula is C17H18F9N3O2. The van der Waals surface area contributed by atoms with Gasteiger partial charge in [-0.15, -0.1) is 0 Å². The molecule has 0 saturated heterocycles. The first-order chi connectivity index (χ1) is 14.1. The highest BCUT2D eigenvalue weighted by Gasteiger charge is 2.53. The summed E-state index contributed by atoms with van der Waals surface area (Å²) in [5.41, 5.74) is -5.16. The number of pyridine rings is 1. The minimum Gasteiger partial charge on any atom is -0.371 e. The summed E-state index contributed by atoms with van der Waals surface area (Å²) in [6.07, 6.45) is -19.5. The van der Waals surface area contributed by atoms with E-state index in [2.05, 4.69) is 10.1 Å². The Morgan fingerprint density at radius 3 is 1.97 bits per heavy atom. The van der Waals surface area contributed by atoms with Crippen LogP contribution < -0.4 is 5.01 Å². The lowest BCUT2D eigenvalue weighted by Gasteiger charge is -2.30. The highest BCUT2D eigenvalue weighted by atomic mass is 19.4. The molecular weight excluding hydrogens is 449 g/mol. The summed E-state index contributed by atoms with van der Waals surface area (Å²) < 4.78 is 123. The van der Waals surface area contributed by atoms with E-state index in [1.165, 1.54) is 0 Å². The summed E-state index contributed by atoms with van der Waals surface area (Å²) in [5, 5.41) is 14.3. The number of aliphatic hydroxyl groups is 1. The van der Waals surface area contributed by atoms with Gasteiger partial charge in [0.25, 0.3) is 0 Å². The summed E-state index contributed by atoms with van der Waals surface area (Å²) in [7, 11) is 0. The summed E-state index contributed by atoms with van der Waals surface area (Å²) in [6.45, 7) is 2.44. The van der Waals surface area contributed by atoms with Crippen molar-refractivity contribution in [3.8, 4) is 0 Å². The Balaban J connectivity index is 2.47. The van der Waals surface area contributed by atoms with Crippen molar-refractivity contribution in [1.82, 2.24) is 4.98 Å². The molecule has 2 rings (SSSR count). The van der Waals surface area contributed by atoms with Gasteiger partial charge >= 0.3 is 18.5 Å². The Hall–Kier alpha value is -2.09. The van der Waals surface area contributed by atoms with E-state index in [0.29, 0.717) is 6.42 Å². The highest BCUT2D eigenvalue weighted by Crippen LogP contribution is 2.40. The minimum absolute atomic E-state index is 0.165. The van der Waals surface area contributed by atoms with Crippen LogP contribution in [0.1, 0.15) is 38.1 Å². The second-order valence-corrected chi connectivity index (χ2v) is 6.80. The van der Waals surface area contributed by atoms with Crippen molar-refractivity contribution in [2.45, 2.75) is 57.5 Å². The van der Waals surface area contributed by atoms with Crippen molar-refractivity contribution in [2.24, 2.45) is 11.0 Å². The van der Waals surface area contributed by atoms with Gasteiger partial charge in [0, 0.05) is 12.3 Å². The van der Waals surface area contributed by atoms with Gasteiger partial charge in [-0.25, -0.2) is 9.99 Å². The molecule has 1 N–H and O–H groups in total. The van der Waals surface area contributed by atoms with Crippen LogP contribution in [0.3, 0.4) is 0 Å². The third-order valence-corrected chi connectivity index (χ3v) is 4.42. The van der Waals surface area contributed by atoms with Gasteiger partial charge in [-0.2, -0.15) is 44.6 Å². The van der Waals surface area contributed by atoms with E-state index < -0.39 is 53.9 Å². The van der Waals surface area contributed by atoms with Crippen LogP contribution in [-0.4, -0.2) is 40.9 Å². The van der Waals surface area contributed by atoms with Gasteiger partial charge in [0.1, 0.15) is 11.4 Å². The fourth-order valence-electron chi connectivity index (χ4n) is 2.94. The van der Waals surface area contributed by atoms with Crippen LogP contribution in [0.5, 0.6) is 0 Å². The number of ether oxygens (including phenoxy) is 1. The maximum Gasteiger partial charge on any atom is 0.433 e. The molecule has 1 aromatic heterocycles. The molecule has 3 atom stereocenters. The monoisotopic (exact) mass is 467 g/mol. The van der Waals surface area contributed by atoms with Crippen molar-refractivity contribution < 1.29 is 49.4 Å². The van der Waals surface area contributed by atoms with Crippen molar-refractivity contribution in [3.05, 3.63) is 23.5 Å². The molecule has 0 aliphatic carbocycles. The standard InChI is InChI=1S/C17H18F9N3O2/c1-3-4-5-31-13(17(24,25)26)12-8(2)28-29(14(12)30)9-6-10(15(18,19)20)27-11(7-9)16(21,22)23/h6-7,12-14,30H,3-5H2,1-2H3. The Kier molecular flexibility index (Phi) is 7.15. The molecule has 1 aliphatic rings. The molecule has 14 heteroatoms. The lowest BCUT2D eigenvalue weighted by Crippen LogP contribution is -2.48. The largest absolute Gasteiger partial charge is 0.433 e. The van der Waals surface area contributed by atoms with Crippen molar-refractivity contribution in [1.29, 1.82) is 0 Å². The third kappa shape index (κ3) is 5.79. The van der Waals surface area contributed by atoms with Crippen LogP contribution in [0.25, 0.3) is 0 Å². The van der Waals surface area contributed by atoms with Crippen LogP contribution in [0.4, 0.5) is 45.2 Å². The predicted molar refractivity (Wildman–Crippen MR) is 90.0 cm³/mol. The quantitative estimate of drug-likeness (QED) is 0.473. The number of hydrogen-bond donors (Lipinski definition) is 1. The first-order valence-corrected chi connectivity index (χ1v) is 8.94. The van der Waals surface area contributed by atoms with Crippen molar-refractivity contribution in [3.63, 3.8) is 0 Å². The zero-order valence-electron chi connectivity index (χ0n) is 16.1. The van der Waals surface area contributed by atoms with Crippen LogP contribution >= 0.6 is 0 Å². The number of rotatable bonds is 6. The second kappa shape index (κ2) is 8.81.